The van der Waals surface area contributed by atoms with Crippen LogP contribution in [0.2, 0.25) is 0 Å². The molecule has 0 saturated heterocycles. The van der Waals surface area contributed by atoms with Crippen molar-refractivity contribution in [1.82, 2.24) is 19.7 Å². The molecule has 0 bridgehead atoms. The fraction of sp³-hybridized carbons (Fsp3) is 0.250. The maximum Gasteiger partial charge on any atom is 0.411 e. The summed E-state index contributed by atoms with van der Waals surface area (Å²) < 4.78 is 6.83. The molecule has 2 heterocycles. The number of nitrogens with zero attached hydrogens (tertiary/aromatic N) is 3. The van der Waals surface area contributed by atoms with Crippen LogP contribution in [0.25, 0.3) is 11.0 Å². The molecule has 10 nitrogen and oxygen atoms in total. The Bertz CT molecular complexity index is 1040. The average molecular weight is 359 g/mol. The van der Waals surface area contributed by atoms with Crippen LogP contribution in [-0.4, -0.2) is 43.2 Å². The highest BCUT2D eigenvalue weighted by atomic mass is 16.5. The lowest BCUT2D eigenvalue weighted by Crippen LogP contribution is -2.18. The minimum absolute atomic E-state index is 0.108. The first kappa shape index (κ1) is 17.4. The number of rotatable bonds is 5. The number of ether oxygens (including phenoxy) is 1. The van der Waals surface area contributed by atoms with E-state index in [-0.39, 0.29) is 24.6 Å². The molecule has 0 aliphatic heterocycles. The molecule has 26 heavy (non-hydrogen) atoms. The number of aromatic nitrogens is 4. The number of aryl methyl sites for hydroxylation is 1. The average Bonchev–Trinajstić information content (AvgIpc) is 2.90. The van der Waals surface area contributed by atoms with Crippen LogP contribution in [0.3, 0.4) is 0 Å². The highest BCUT2D eigenvalue weighted by Crippen LogP contribution is 2.23. The van der Waals surface area contributed by atoms with E-state index >= 15 is 0 Å². The SMILES string of the molecule is COc1cc(CO)ccc1Cn1nc(C)c2nc(NC(=O)O)[nH]c(=O)c21. The van der Waals surface area contributed by atoms with Gasteiger partial charge in [0.25, 0.3) is 5.56 Å². The van der Waals surface area contributed by atoms with Gasteiger partial charge in [0.2, 0.25) is 5.95 Å². The van der Waals surface area contributed by atoms with Crippen molar-refractivity contribution in [2.45, 2.75) is 20.1 Å². The summed E-state index contributed by atoms with van der Waals surface area (Å²) in [6, 6.07) is 5.26. The van der Waals surface area contributed by atoms with Gasteiger partial charge in [-0.15, -0.1) is 0 Å². The molecule has 0 spiro atoms. The summed E-state index contributed by atoms with van der Waals surface area (Å²) >= 11 is 0. The Morgan fingerprint density at radius 1 is 1.42 bits per heavy atom. The summed E-state index contributed by atoms with van der Waals surface area (Å²) in [5.41, 5.74) is 1.99. The molecule has 3 aromatic rings. The molecule has 0 atom stereocenters. The number of fused-ring (bicyclic) bond motifs is 1. The van der Waals surface area contributed by atoms with Crippen molar-refractivity contribution in [3.05, 3.63) is 45.4 Å². The molecule has 0 radical (unpaired) electrons. The first-order valence-corrected chi connectivity index (χ1v) is 7.67. The first-order chi connectivity index (χ1) is 12.4. The number of aliphatic hydroxyl groups excluding tert-OH is 1. The van der Waals surface area contributed by atoms with E-state index in [4.69, 9.17) is 9.84 Å². The molecular weight excluding hydrogens is 342 g/mol. The van der Waals surface area contributed by atoms with E-state index < -0.39 is 11.7 Å². The number of aliphatic hydroxyl groups is 1. The second-order valence-electron chi connectivity index (χ2n) is 5.59. The van der Waals surface area contributed by atoms with Crippen LogP contribution in [0.1, 0.15) is 16.8 Å². The highest BCUT2D eigenvalue weighted by molar-refractivity contribution is 5.83. The molecule has 0 aliphatic rings. The van der Waals surface area contributed by atoms with Crippen LogP contribution in [0, 0.1) is 6.92 Å². The van der Waals surface area contributed by atoms with Crippen molar-refractivity contribution in [3.8, 4) is 5.75 Å². The van der Waals surface area contributed by atoms with Gasteiger partial charge >= 0.3 is 6.09 Å². The van der Waals surface area contributed by atoms with Gasteiger partial charge in [0.05, 0.1) is 26.0 Å². The minimum atomic E-state index is -1.33. The van der Waals surface area contributed by atoms with Crippen molar-refractivity contribution < 1.29 is 19.7 Å². The quantitative estimate of drug-likeness (QED) is 0.533. The summed E-state index contributed by atoms with van der Waals surface area (Å²) in [6.07, 6.45) is -1.33. The summed E-state index contributed by atoms with van der Waals surface area (Å²) in [5.74, 6) is 0.397. The lowest BCUT2D eigenvalue weighted by Gasteiger charge is -2.10. The monoisotopic (exact) mass is 359 g/mol. The molecule has 2 aromatic heterocycles. The number of nitrogens with one attached hydrogen (secondary N) is 2. The second-order valence-corrected chi connectivity index (χ2v) is 5.59. The number of methoxy groups -OCH3 is 1. The Morgan fingerprint density at radius 3 is 2.85 bits per heavy atom. The Hall–Kier alpha value is -3.40. The predicted octanol–water partition coefficient (Wildman–Crippen LogP) is 1.07. The van der Waals surface area contributed by atoms with E-state index in [0.29, 0.717) is 22.5 Å². The lowest BCUT2D eigenvalue weighted by atomic mass is 10.1. The van der Waals surface area contributed by atoms with Gasteiger partial charge < -0.3 is 14.9 Å². The molecular formula is C16H17N5O5. The van der Waals surface area contributed by atoms with Gasteiger partial charge in [0.1, 0.15) is 11.3 Å². The van der Waals surface area contributed by atoms with Gasteiger partial charge in [-0.1, -0.05) is 12.1 Å². The smallest absolute Gasteiger partial charge is 0.411 e. The zero-order valence-corrected chi connectivity index (χ0v) is 14.1. The summed E-state index contributed by atoms with van der Waals surface area (Å²) in [5, 5.41) is 24.4. The number of carboxylic acid groups (broad SMARTS) is 1. The van der Waals surface area contributed by atoms with Crippen LogP contribution in [0.15, 0.2) is 23.0 Å². The third-order valence-corrected chi connectivity index (χ3v) is 3.85. The third-order valence-electron chi connectivity index (χ3n) is 3.85. The first-order valence-electron chi connectivity index (χ1n) is 7.67. The zero-order valence-electron chi connectivity index (χ0n) is 14.1. The largest absolute Gasteiger partial charge is 0.496 e. The number of hydrogen-bond donors (Lipinski definition) is 4. The molecule has 0 fully saturated rings. The van der Waals surface area contributed by atoms with E-state index in [0.717, 1.165) is 5.56 Å². The zero-order chi connectivity index (χ0) is 18.8. The maximum absolute atomic E-state index is 12.4. The van der Waals surface area contributed by atoms with E-state index in [1.54, 1.807) is 25.1 Å². The molecule has 4 N–H and O–H groups in total. The number of amides is 1. The molecule has 1 amide bonds. The molecule has 10 heteroatoms. The number of hydrogen-bond acceptors (Lipinski definition) is 6. The van der Waals surface area contributed by atoms with Crippen LogP contribution in [-0.2, 0) is 13.2 Å². The molecule has 3 rings (SSSR count). The summed E-state index contributed by atoms with van der Waals surface area (Å²) in [6.45, 7) is 1.82. The third kappa shape index (κ3) is 3.22. The maximum atomic E-state index is 12.4. The molecule has 1 aromatic carbocycles. The highest BCUT2D eigenvalue weighted by Gasteiger charge is 2.16. The van der Waals surface area contributed by atoms with E-state index in [9.17, 15) is 14.7 Å². The summed E-state index contributed by atoms with van der Waals surface area (Å²) in [7, 11) is 1.52. The topological polar surface area (TPSA) is 142 Å². The standard InChI is InChI=1S/C16H17N5O5/c1-8-12-13(14(23)18-15(17-12)19-16(24)25)21(20-8)6-10-4-3-9(7-22)5-11(10)26-2/h3-5,22H,6-7H2,1-2H3,(H,24,25)(H2,17,18,19,23). The van der Waals surface area contributed by atoms with Gasteiger partial charge in [-0.3, -0.25) is 19.8 Å². The Kier molecular flexibility index (Phi) is 4.59. The van der Waals surface area contributed by atoms with Gasteiger partial charge in [-0.05, 0) is 18.6 Å². The van der Waals surface area contributed by atoms with Gasteiger partial charge in [-0.25, -0.2) is 9.78 Å². The number of carbonyl (C=O) groups is 1. The lowest BCUT2D eigenvalue weighted by molar-refractivity contribution is 0.209. The fourth-order valence-corrected chi connectivity index (χ4v) is 2.69. The van der Waals surface area contributed by atoms with E-state index in [2.05, 4.69) is 15.1 Å². The van der Waals surface area contributed by atoms with Crippen molar-refractivity contribution >= 4 is 23.1 Å². The fourth-order valence-electron chi connectivity index (χ4n) is 2.69. The van der Waals surface area contributed by atoms with Gasteiger partial charge in [0.15, 0.2) is 5.52 Å². The Labute approximate surface area is 147 Å². The second kappa shape index (κ2) is 6.84. The van der Waals surface area contributed by atoms with Gasteiger partial charge in [-0.2, -0.15) is 5.10 Å². The number of aromatic amines is 1. The van der Waals surface area contributed by atoms with Crippen molar-refractivity contribution in [2.24, 2.45) is 0 Å². The molecule has 0 saturated carbocycles. The van der Waals surface area contributed by atoms with Crippen LogP contribution < -0.4 is 15.6 Å². The van der Waals surface area contributed by atoms with Crippen molar-refractivity contribution in [1.29, 1.82) is 0 Å². The predicted molar refractivity (Wildman–Crippen MR) is 92.6 cm³/mol. The van der Waals surface area contributed by atoms with Crippen molar-refractivity contribution in [2.75, 3.05) is 12.4 Å². The van der Waals surface area contributed by atoms with Crippen LogP contribution in [0.5, 0.6) is 5.75 Å². The van der Waals surface area contributed by atoms with Crippen LogP contribution >= 0.6 is 0 Å². The Balaban J connectivity index is 2.07. The van der Waals surface area contributed by atoms with Crippen molar-refractivity contribution in [3.63, 3.8) is 0 Å². The molecule has 0 aliphatic carbocycles. The Morgan fingerprint density at radius 2 is 2.19 bits per heavy atom. The van der Waals surface area contributed by atoms with E-state index in [1.807, 2.05) is 5.32 Å². The van der Waals surface area contributed by atoms with Crippen LogP contribution in [0.4, 0.5) is 10.7 Å². The normalized spacial score (nSPS) is 10.9. The number of H-pyrrole nitrogens is 1. The van der Waals surface area contributed by atoms with Gasteiger partial charge in [0, 0.05) is 5.56 Å². The number of anilines is 1. The van der Waals surface area contributed by atoms with E-state index in [1.165, 1.54) is 11.8 Å². The number of benzene rings is 1. The molecule has 0 unspecified atom stereocenters. The minimum Gasteiger partial charge on any atom is -0.496 e. The molecule has 136 valence electrons. The summed E-state index contributed by atoms with van der Waals surface area (Å²) in [4.78, 5) is 29.6.